The van der Waals surface area contributed by atoms with Crippen LogP contribution in [0.4, 0.5) is 10.2 Å². The van der Waals surface area contributed by atoms with Gasteiger partial charge in [0.25, 0.3) is 5.91 Å². The quantitative estimate of drug-likeness (QED) is 0.608. The SMILES string of the molecule is CCc1ncnc(-c2ccc(C(=O)N3CCN(C)CC3)c(F)c2)c1C#Cc1ccc(N)nc1C. The molecule has 34 heavy (non-hydrogen) atoms. The number of pyridine rings is 1. The number of carbonyl (C=O) groups is 1. The van der Waals surface area contributed by atoms with Crippen molar-refractivity contribution in [1.29, 1.82) is 0 Å². The third kappa shape index (κ3) is 4.90. The van der Waals surface area contributed by atoms with E-state index in [1.807, 2.05) is 27.0 Å². The highest BCUT2D eigenvalue weighted by Crippen LogP contribution is 2.26. The monoisotopic (exact) mass is 458 g/mol. The van der Waals surface area contributed by atoms with Crippen molar-refractivity contribution in [3.63, 3.8) is 0 Å². The second-order valence-corrected chi connectivity index (χ2v) is 8.31. The number of likely N-dealkylation sites (N-methyl/N-ethyl adjacent to an activating group) is 1. The molecule has 174 valence electrons. The lowest BCUT2D eigenvalue weighted by Crippen LogP contribution is -2.47. The number of anilines is 1. The summed E-state index contributed by atoms with van der Waals surface area (Å²) in [6.45, 7) is 6.54. The summed E-state index contributed by atoms with van der Waals surface area (Å²) in [5, 5.41) is 0. The van der Waals surface area contributed by atoms with Gasteiger partial charge in [-0.2, -0.15) is 0 Å². The zero-order chi connectivity index (χ0) is 24.2. The van der Waals surface area contributed by atoms with Crippen LogP contribution in [0.5, 0.6) is 0 Å². The predicted molar refractivity (Wildman–Crippen MR) is 130 cm³/mol. The minimum atomic E-state index is -0.574. The summed E-state index contributed by atoms with van der Waals surface area (Å²) in [5.41, 5.74) is 9.72. The number of nitrogen functional groups attached to an aromatic ring is 1. The van der Waals surface area contributed by atoms with E-state index >= 15 is 4.39 Å². The summed E-state index contributed by atoms with van der Waals surface area (Å²) in [5.74, 6) is 5.86. The highest BCUT2D eigenvalue weighted by atomic mass is 19.1. The van der Waals surface area contributed by atoms with E-state index in [2.05, 4.69) is 31.7 Å². The lowest BCUT2D eigenvalue weighted by molar-refractivity contribution is 0.0659. The Balaban J connectivity index is 1.69. The van der Waals surface area contributed by atoms with E-state index in [4.69, 9.17) is 5.73 Å². The number of amides is 1. The van der Waals surface area contributed by atoms with Crippen LogP contribution in [0.15, 0.2) is 36.7 Å². The number of piperazine rings is 1. The van der Waals surface area contributed by atoms with Crippen molar-refractivity contribution in [2.45, 2.75) is 20.3 Å². The summed E-state index contributed by atoms with van der Waals surface area (Å²) in [4.78, 5) is 29.7. The Bertz CT molecular complexity index is 1290. The van der Waals surface area contributed by atoms with Crippen molar-refractivity contribution in [2.75, 3.05) is 39.0 Å². The van der Waals surface area contributed by atoms with E-state index in [1.165, 1.54) is 18.5 Å². The molecule has 1 aliphatic rings. The summed E-state index contributed by atoms with van der Waals surface area (Å²) >= 11 is 0. The van der Waals surface area contributed by atoms with Crippen LogP contribution in [0.25, 0.3) is 11.3 Å². The fourth-order valence-electron chi connectivity index (χ4n) is 3.90. The van der Waals surface area contributed by atoms with Crippen LogP contribution in [-0.4, -0.2) is 63.9 Å². The van der Waals surface area contributed by atoms with Gasteiger partial charge in [-0.25, -0.2) is 19.3 Å². The third-order valence-electron chi connectivity index (χ3n) is 5.95. The second kappa shape index (κ2) is 9.98. The van der Waals surface area contributed by atoms with E-state index in [1.54, 1.807) is 17.0 Å². The van der Waals surface area contributed by atoms with Gasteiger partial charge in [0.1, 0.15) is 18.0 Å². The number of halogens is 1. The van der Waals surface area contributed by atoms with Gasteiger partial charge >= 0.3 is 0 Å². The number of carbonyl (C=O) groups excluding carboxylic acids is 1. The first-order chi connectivity index (χ1) is 16.4. The van der Waals surface area contributed by atoms with E-state index in [-0.39, 0.29) is 11.5 Å². The molecule has 1 fully saturated rings. The number of hydrogen-bond donors (Lipinski definition) is 1. The van der Waals surface area contributed by atoms with Crippen molar-refractivity contribution in [1.82, 2.24) is 24.8 Å². The highest BCUT2D eigenvalue weighted by Gasteiger charge is 2.23. The molecular formula is C26H27FN6O. The van der Waals surface area contributed by atoms with Crippen LogP contribution >= 0.6 is 0 Å². The van der Waals surface area contributed by atoms with Crippen molar-refractivity contribution in [3.8, 4) is 23.1 Å². The number of aromatic nitrogens is 3. The van der Waals surface area contributed by atoms with Gasteiger partial charge in [-0.3, -0.25) is 4.79 Å². The number of nitrogens with two attached hydrogens (primary N) is 1. The van der Waals surface area contributed by atoms with Crippen LogP contribution < -0.4 is 5.73 Å². The van der Waals surface area contributed by atoms with Gasteiger partial charge in [0, 0.05) is 37.3 Å². The van der Waals surface area contributed by atoms with E-state index < -0.39 is 5.82 Å². The van der Waals surface area contributed by atoms with Gasteiger partial charge in [0.2, 0.25) is 0 Å². The molecule has 3 heterocycles. The molecule has 0 bridgehead atoms. The molecule has 2 aromatic heterocycles. The Kier molecular flexibility index (Phi) is 6.85. The molecule has 1 amide bonds. The lowest BCUT2D eigenvalue weighted by atomic mass is 10.0. The van der Waals surface area contributed by atoms with Crippen molar-refractivity contribution < 1.29 is 9.18 Å². The maximum absolute atomic E-state index is 15.1. The molecule has 0 spiro atoms. The maximum atomic E-state index is 15.1. The molecule has 1 saturated heterocycles. The molecule has 0 radical (unpaired) electrons. The van der Waals surface area contributed by atoms with E-state index in [0.717, 1.165) is 30.0 Å². The first-order valence-electron chi connectivity index (χ1n) is 11.2. The largest absolute Gasteiger partial charge is 0.384 e. The molecule has 0 unspecified atom stereocenters. The molecule has 0 saturated carbocycles. The van der Waals surface area contributed by atoms with Gasteiger partial charge in [-0.05, 0) is 44.7 Å². The van der Waals surface area contributed by atoms with Crippen LogP contribution in [0.2, 0.25) is 0 Å². The van der Waals surface area contributed by atoms with Gasteiger partial charge in [-0.15, -0.1) is 0 Å². The first-order valence-corrected chi connectivity index (χ1v) is 11.2. The summed E-state index contributed by atoms with van der Waals surface area (Å²) < 4.78 is 15.1. The zero-order valence-electron chi connectivity index (χ0n) is 19.6. The van der Waals surface area contributed by atoms with Crippen molar-refractivity contribution >= 4 is 11.7 Å². The molecule has 2 N–H and O–H groups in total. The van der Waals surface area contributed by atoms with Crippen LogP contribution in [0, 0.1) is 24.6 Å². The average molecular weight is 459 g/mol. The minimum Gasteiger partial charge on any atom is -0.384 e. The minimum absolute atomic E-state index is 0.0641. The topological polar surface area (TPSA) is 88.2 Å². The Morgan fingerprint density at radius 3 is 2.56 bits per heavy atom. The number of rotatable bonds is 3. The summed E-state index contributed by atoms with van der Waals surface area (Å²) in [6, 6.07) is 8.12. The molecule has 8 heteroatoms. The van der Waals surface area contributed by atoms with Gasteiger partial charge in [0.05, 0.1) is 28.2 Å². The highest BCUT2D eigenvalue weighted by molar-refractivity contribution is 5.95. The molecule has 1 aliphatic heterocycles. The van der Waals surface area contributed by atoms with Gasteiger partial charge in [0.15, 0.2) is 0 Å². The predicted octanol–water partition coefficient (Wildman–Crippen LogP) is 2.92. The normalized spacial score (nSPS) is 13.9. The Labute approximate surface area is 198 Å². The molecular weight excluding hydrogens is 431 g/mol. The number of benzene rings is 1. The molecule has 7 nitrogen and oxygen atoms in total. The van der Waals surface area contributed by atoms with Crippen LogP contribution in [-0.2, 0) is 6.42 Å². The summed E-state index contributed by atoms with van der Waals surface area (Å²) in [7, 11) is 2.01. The fraction of sp³-hybridized carbons (Fsp3) is 0.308. The number of hydrogen-bond acceptors (Lipinski definition) is 6. The molecule has 0 aliphatic carbocycles. The van der Waals surface area contributed by atoms with E-state index in [9.17, 15) is 4.79 Å². The van der Waals surface area contributed by atoms with Gasteiger partial charge in [-0.1, -0.05) is 24.8 Å². The van der Waals surface area contributed by atoms with E-state index in [0.29, 0.717) is 42.1 Å². The zero-order valence-corrected chi connectivity index (χ0v) is 19.6. The smallest absolute Gasteiger partial charge is 0.256 e. The lowest BCUT2D eigenvalue weighted by Gasteiger charge is -2.32. The fourth-order valence-corrected chi connectivity index (χ4v) is 3.90. The Morgan fingerprint density at radius 1 is 1.12 bits per heavy atom. The molecule has 0 atom stereocenters. The van der Waals surface area contributed by atoms with Crippen molar-refractivity contribution in [2.24, 2.45) is 0 Å². The first kappa shape index (κ1) is 23.3. The maximum Gasteiger partial charge on any atom is 0.256 e. The molecule has 4 rings (SSSR count). The molecule has 3 aromatic rings. The van der Waals surface area contributed by atoms with Crippen LogP contribution in [0.1, 0.15) is 39.8 Å². The Morgan fingerprint density at radius 2 is 1.88 bits per heavy atom. The Hall–Kier alpha value is -3.83. The standard InChI is InChI=1S/C26H27FN6O/c1-4-23-21(9-5-18-7-10-24(28)31-17(18)2)25(30-16-29-23)19-6-8-20(22(27)15-19)26(34)33-13-11-32(3)12-14-33/h6-8,10,15-16H,4,11-14H2,1-3H3,(H2,28,31). The van der Waals surface area contributed by atoms with Crippen LogP contribution in [0.3, 0.4) is 0 Å². The number of nitrogens with zero attached hydrogens (tertiary/aromatic N) is 5. The summed E-state index contributed by atoms with van der Waals surface area (Å²) in [6.07, 6.45) is 2.09. The third-order valence-corrected chi connectivity index (χ3v) is 5.95. The second-order valence-electron chi connectivity index (χ2n) is 8.31. The molecule has 1 aromatic carbocycles. The van der Waals surface area contributed by atoms with Gasteiger partial charge < -0.3 is 15.5 Å². The average Bonchev–Trinajstić information content (AvgIpc) is 2.83. The number of aryl methyl sites for hydroxylation is 2. The van der Waals surface area contributed by atoms with Crippen molar-refractivity contribution in [3.05, 3.63) is 70.6 Å².